The maximum Gasteiger partial charge on any atom is 0.139 e. The van der Waals surface area contributed by atoms with Gasteiger partial charge in [0.2, 0.25) is 0 Å². The number of phenolic OH excluding ortho intramolecular Hbond substituents is 1. The number of benzene rings is 1. The van der Waals surface area contributed by atoms with Crippen LogP contribution in [0.5, 0.6) is 5.75 Å². The van der Waals surface area contributed by atoms with E-state index >= 15 is 0 Å². The molecule has 1 aromatic rings. The van der Waals surface area contributed by atoms with Crippen molar-refractivity contribution in [2.45, 2.75) is 31.3 Å². The first-order valence-corrected chi connectivity index (χ1v) is 5.66. The molecule has 3 N–H and O–H groups in total. The molecule has 3 nitrogen and oxygen atoms in total. The minimum absolute atomic E-state index is 0.370. The Morgan fingerprint density at radius 3 is 2.93 bits per heavy atom. The molecule has 0 bridgehead atoms. The molecule has 3 rings (SSSR count). The molecule has 0 saturated heterocycles. The first-order valence-electron chi connectivity index (χ1n) is 5.66. The van der Waals surface area contributed by atoms with Gasteiger partial charge in [0.05, 0.1) is 5.69 Å². The van der Waals surface area contributed by atoms with E-state index in [9.17, 15) is 5.11 Å². The summed E-state index contributed by atoms with van der Waals surface area (Å²) in [6, 6.07) is 6.89. The first kappa shape index (κ1) is 9.04. The molecule has 0 spiro atoms. The zero-order valence-corrected chi connectivity index (χ0v) is 8.66. The normalized spacial score (nSPS) is 24.4. The molecule has 1 unspecified atom stereocenters. The van der Waals surface area contributed by atoms with E-state index in [1.165, 1.54) is 18.4 Å². The van der Waals surface area contributed by atoms with Gasteiger partial charge in [-0.15, -0.1) is 0 Å². The summed E-state index contributed by atoms with van der Waals surface area (Å²) in [5.41, 5.74) is 2.13. The van der Waals surface area contributed by atoms with E-state index in [0.717, 1.165) is 18.7 Å². The predicted molar refractivity (Wildman–Crippen MR) is 60.1 cm³/mol. The second-order valence-electron chi connectivity index (χ2n) is 4.45. The number of fused-ring (bicyclic) bond motifs is 1. The summed E-state index contributed by atoms with van der Waals surface area (Å²) >= 11 is 0. The summed E-state index contributed by atoms with van der Waals surface area (Å²) in [7, 11) is 0. The SMILES string of the molecule is Oc1cccc2c1NCCC2NC1CC1. The quantitative estimate of drug-likeness (QED) is 0.646. The lowest BCUT2D eigenvalue weighted by molar-refractivity contribution is 0.462. The average Bonchev–Trinajstić information content (AvgIpc) is 3.04. The third kappa shape index (κ3) is 1.67. The lowest BCUT2D eigenvalue weighted by Gasteiger charge is -2.28. The van der Waals surface area contributed by atoms with Crippen molar-refractivity contribution in [1.82, 2.24) is 5.32 Å². The van der Waals surface area contributed by atoms with Gasteiger partial charge in [-0.2, -0.15) is 0 Å². The molecular weight excluding hydrogens is 188 g/mol. The molecule has 1 aromatic carbocycles. The van der Waals surface area contributed by atoms with Crippen LogP contribution in [0.3, 0.4) is 0 Å². The van der Waals surface area contributed by atoms with Gasteiger partial charge in [0, 0.05) is 18.6 Å². The summed E-state index contributed by atoms with van der Waals surface area (Å²) in [5.74, 6) is 0.370. The van der Waals surface area contributed by atoms with E-state index in [1.807, 2.05) is 6.07 Å². The largest absolute Gasteiger partial charge is 0.506 e. The summed E-state index contributed by atoms with van der Waals surface area (Å²) in [6.45, 7) is 0.939. The minimum Gasteiger partial charge on any atom is -0.506 e. The second-order valence-corrected chi connectivity index (χ2v) is 4.45. The number of phenols is 1. The van der Waals surface area contributed by atoms with Crippen LogP contribution in [0.2, 0.25) is 0 Å². The Morgan fingerprint density at radius 2 is 2.13 bits per heavy atom. The third-order valence-corrected chi connectivity index (χ3v) is 3.20. The monoisotopic (exact) mass is 204 g/mol. The van der Waals surface area contributed by atoms with Gasteiger partial charge in [-0.25, -0.2) is 0 Å². The van der Waals surface area contributed by atoms with Gasteiger partial charge < -0.3 is 15.7 Å². The van der Waals surface area contributed by atoms with Crippen molar-refractivity contribution >= 4 is 5.69 Å². The van der Waals surface area contributed by atoms with E-state index in [2.05, 4.69) is 16.7 Å². The first-order chi connectivity index (χ1) is 7.34. The van der Waals surface area contributed by atoms with E-state index in [4.69, 9.17) is 0 Å². The lowest BCUT2D eigenvalue weighted by Crippen LogP contribution is -2.29. The highest BCUT2D eigenvalue weighted by atomic mass is 16.3. The molecule has 1 saturated carbocycles. The van der Waals surface area contributed by atoms with Crippen molar-refractivity contribution < 1.29 is 5.11 Å². The average molecular weight is 204 g/mol. The van der Waals surface area contributed by atoms with E-state index in [1.54, 1.807) is 6.07 Å². The maximum absolute atomic E-state index is 9.73. The zero-order chi connectivity index (χ0) is 10.3. The predicted octanol–water partition coefficient (Wildman–Crippen LogP) is 2.00. The Labute approximate surface area is 89.5 Å². The molecule has 1 aliphatic carbocycles. The van der Waals surface area contributed by atoms with Crippen LogP contribution in [-0.4, -0.2) is 17.7 Å². The van der Waals surface area contributed by atoms with Crippen molar-refractivity contribution in [3.05, 3.63) is 23.8 Å². The molecule has 2 aliphatic rings. The van der Waals surface area contributed by atoms with Gasteiger partial charge in [-0.3, -0.25) is 0 Å². The Balaban J connectivity index is 1.91. The van der Waals surface area contributed by atoms with E-state index in [-0.39, 0.29) is 0 Å². The van der Waals surface area contributed by atoms with Crippen LogP contribution in [0.4, 0.5) is 5.69 Å². The van der Waals surface area contributed by atoms with Crippen molar-refractivity contribution in [3.8, 4) is 5.75 Å². The topological polar surface area (TPSA) is 44.3 Å². The zero-order valence-electron chi connectivity index (χ0n) is 8.66. The number of hydrogen-bond acceptors (Lipinski definition) is 3. The molecule has 0 amide bonds. The molecule has 1 fully saturated rings. The van der Waals surface area contributed by atoms with Gasteiger partial charge in [0.15, 0.2) is 0 Å². The summed E-state index contributed by atoms with van der Waals surface area (Å²) < 4.78 is 0. The molecular formula is C12H16N2O. The van der Waals surface area contributed by atoms with Crippen LogP contribution >= 0.6 is 0 Å². The standard InChI is InChI=1S/C12H16N2O/c15-11-3-1-2-9-10(14-8-4-5-8)6-7-13-12(9)11/h1-3,8,10,13-15H,4-7H2. The van der Waals surface area contributed by atoms with Crippen LogP contribution < -0.4 is 10.6 Å². The van der Waals surface area contributed by atoms with Crippen molar-refractivity contribution in [2.75, 3.05) is 11.9 Å². The molecule has 0 aromatic heterocycles. The highest BCUT2D eigenvalue weighted by Gasteiger charge is 2.28. The highest BCUT2D eigenvalue weighted by Crippen LogP contribution is 2.37. The second kappa shape index (κ2) is 3.42. The van der Waals surface area contributed by atoms with Crippen molar-refractivity contribution in [3.63, 3.8) is 0 Å². The van der Waals surface area contributed by atoms with E-state index in [0.29, 0.717) is 17.8 Å². The van der Waals surface area contributed by atoms with Crippen LogP contribution in [0, 0.1) is 0 Å². The molecule has 1 heterocycles. The molecule has 1 aliphatic heterocycles. The molecule has 1 atom stereocenters. The molecule has 3 heteroatoms. The summed E-state index contributed by atoms with van der Waals surface area (Å²) in [4.78, 5) is 0. The molecule has 15 heavy (non-hydrogen) atoms. The van der Waals surface area contributed by atoms with Crippen LogP contribution in [0.25, 0.3) is 0 Å². The minimum atomic E-state index is 0.370. The number of rotatable bonds is 2. The van der Waals surface area contributed by atoms with Crippen molar-refractivity contribution in [1.29, 1.82) is 0 Å². The fraction of sp³-hybridized carbons (Fsp3) is 0.500. The number of anilines is 1. The van der Waals surface area contributed by atoms with Gasteiger partial charge in [-0.05, 0) is 30.9 Å². The summed E-state index contributed by atoms with van der Waals surface area (Å²) in [5, 5.41) is 16.6. The fourth-order valence-corrected chi connectivity index (χ4v) is 2.25. The highest BCUT2D eigenvalue weighted by molar-refractivity contribution is 5.63. The third-order valence-electron chi connectivity index (χ3n) is 3.20. The maximum atomic E-state index is 9.73. The van der Waals surface area contributed by atoms with Crippen LogP contribution in [-0.2, 0) is 0 Å². The number of hydrogen-bond donors (Lipinski definition) is 3. The van der Waals surface area contributed by atoms with E-state index < -0.39 is 0 Å². The van der Waals surface area contributed by atoms with Gasteiger partial charge in [0.25, 0.3) is 0 Å². The smallest absolute Gasteiger partial charge is 0.139 e. The van der Waals surface area contributed by atoms with Gasteiger partial charge in [0.1, 0.15) is 5.75 Å². The molecule has 80 valence electrons. The number of para-hydroxylation sites is 1. The Bertz CT molecular complexity index is 374. The van der Waals surface area contributed by atoms with Gasteiger partial charge in [-0.1, -0.05) is 12.1 Å². The van der Waals surface area contributed by atoms with Crippen LogP contribution in [0.15, 0.2) is 18.2 Å². The Morgan fingerprint density at radius 1 is 1.27 bits per heavy atom. The van der Waals surface area contributed by atoms with Crippen LogP contribution in [0.1, 0.15) is 30.9 Å². The summed E-state index contributed by atoms with van der Waals surface area (Å²) in [6.07, 6.45) is 3.71. The number of nitrogens with one attached hydrogen (secondary N) is 2. The lowest BCUT2D eigenvalue weighted by atomic mass is 9.97. The van der Waals surface area contributed by atoms with Gasteiger partial charge >= 0.3 is 0 Å². The molecule has 0 radical (unpaired) electrons. The fourth-order valence-electron chi connectivity index (χ4n) is 2.25. The van der Waals surface area contributed by atoms with Crippen molar-refractivity contribution in [2.24, 2.45) is 0 Å². The Kier molecular flexibility index (Phi) is 2.06. The Hall–Kier alpha value is -1.22. The number of aromatic hydroxyl groups is 1.